The lowest BCUT2D eigenvalue weighted by Gasteiger charge is -2.18. The highest BCUT2D eigenvalue weighted by molar-refractivity contribution is 8.00. The molecule has 5 N–H and O–H groups in total. The summed E-state index contributed by atoms with van der Waals surface area (Å²) in [6.45, 7) is 0. The Hall–Kier alpha value is -6.73. The lowest BCUT2D eigenvalue weighted by Crippen LogP contribution is -2.30. The van der Waals surface area contributed by atoms with Crippen LogP contribution in [0.2, 0.25) is 0 Å². The van der Waals surface area contributed by atoms with Crippen LogP contribution in [-0.4, -0.2) is 55.2 Å². The molecule has 0 aliphatic carbocycles. The van der Waals surface area contributed by atoms with Crippen LogP contribution in [-0.2, 0) is 9.59 Å². The molecule has 53 heavy (non-hydrogen) atoms. The first-order valence-electron chi connectivity index (χ1n) is 16.0. The van der Waals surface area contributed by atoms with E-state index in [1.165, 1.54) is 57.4 Å². The highest BCUT2D eigenvalue weighted by Crippen LogP contribution is 2.39. The third kappa shape index (κ3) is 9.54. The average Bonchev–Trinajstić information content (AvgIpc) is 3.17. The molecule has 0 heterocycles. The topological polar surface area (TPSA) is 173 Å². The molecule has 5 aromatic carbocycles. The van der Waals surface area contributed by atoms with Crippen molar-refractivity contribution in [2.24, 2.45) is 0 Å². The average molecular weight is 734 g/mol. The van der Waals surface area contributed by atoms with E-state index >= 15 is 0 Å². The predicted molar refractivity (Wildman–Crippen MR) is 202 cm³/mol. The van der Waals surface area contributed by atoms with E-state index in [2.05, 4.69) is 16.0 Å². The van der Waals surface area contributed by atoms with Gasteiger partial charge in [-0.05, 0) is 77.9 Å². The molecule has 13 heteroatoms. The van der Waals surface area contributed by atoms with Crippen LogP contribution >= 0.6 is 11.8 Å². The molecule has 5 rings (SSSR count). The van der Waals surface area contributed by atoms with Crippen molar-refractivity contribution in [3.05, 3.63) is 143 Å². The zero-order valence-corrected chi connectivity index (χ0v) is 29.6. The van der Waals surface area contributed by atoms with E-state index in [4.69, 9.17) is 14.2 Å². The summed E-state index contributed by atoms with van der Waals surface area (Å²) in [6, 6.07) is 31.3. The number of carboxylic acid groups (broad SMARTS) is 1. The molecule has 0 radical (unpaired) electrons. The SMILES string of the molecule is COc1cc(/C=C(/NC(=O)c2ccccc2)C(=O)Nc2cccc(SC(C(=O)Nc3ccc(O)c(C(=O)O)c3)c3ccccc3)c2)cc(OC)c1OC. The van der Waals surface area contributed by atoms with Gasteiger partial charge < -0.3 is 40.4 Å². The number of aromatic hydroxyl groups is 1. The van der Waals surface area contributed by atoms with Gasteiger partial charge in [-0.25, -0.2) is 4.79 Å². The number of carbonyl (C=O) groups excluding carboxylic acids is 3. The van der Waals surface area contributed by atoms with Crippen molar-refractivity contribution in [1.29, 1.82) is 0 Å². The van der Waals surface area contributed by atoms with Gasteiger partial charge in [0, 0.05) is 21.8 Å². The molecule has 12 nitrogen and oxygen atoms in total. The molecule has 1 atom stereocenters. The fourth-order valence-corrected chi connectivity index (χ4v) is 6.25. The molecule has 0 aromatic heterocycles. The predicted octanol–water partition coefficient (Wildman–Crippen LogP) is 7.00. The van der Waals surface area contributed by atoms with Gasteiger partial charge >= 0.3 is 5.97 Å². The number of thioether (sulfide) groups is 1. The van der Waals surface area contributed by atoms with Gasteiger partial charge in [-0.3, -0.25) is 14.4 Å². The Kier molecular flexibility index (Phi) is 12.4. The van der Waals surface area contributed by atoms with Crippen molar-refractivity contribution >= 4 is 52.9 Å². The summed E-state index contributed by atoms with van der Waals surface area (Å²) in [5.41, 5.74) is 1.62. The van der Waals surface area contributed by atoms with E-state index in [1.54, 1.807) is 91.0 Å². The Morgan fingerprint density at radius 1 is 0.717 bits per heavy atom. The van der Waals surface area contributed by atoms with Crippen molar-refractivity contribution in [2.75, 3.05) is 32.0 Å². The summed E-state index contributed by atoms with van der Waals surface area (Å²) in [7, 11) is 4.41. The normalized spacial score (nSPS) is 11.5. The molecule has 0 spiro atoms. The monoisotopic (exact) mass is 733 g/mol. The smallest absolute Gasteiger partial charge is 0.339 e. The zero-order chi connectivity index (χ0) is 37.9. The number of methoxy groups -OCH3 is 3. The Bertz CT molecular complexity index is 2130. The maximum atomic E-state index is 13.9. The van der Waals surface area contributed by atoms with E-state index in [0.29, 0.717) is 44.5 Å². The standard InChI is InChI=1S/C40H35N3O9S/c1-50-33-20-24(21-34(51-2)35(33)52-3)19-31(43-37(45)26-13-8-5-9-14-26)38(46)41-27-15-10-16-29(22-27)53-36(25-11-6-4-7-12-25)39(47)42-28-17-18-32(44)30(23-28)40(48)49/h4-23,36,44H,1-3H3,(H,41,46)(H,42,47)(H,43,45)(H,48,49)/b31-19+. The number of benzene rings is 5. The van der Waals surface area contributed by atoms with Gasteiger partial charge in [-0.15, -0.1) is 11.8 Å². The van der Waals surface area contributed by atoms with Gasteiger partial charge in [0.05, 0.1) is 21.3 Å². The van der Waals surface area contributed by atoms with Gasteiger partial charge in [-0.1, -0.05) is 54.6 Å². The molecular weight excluding hydrogens is 699 g/mol. The van der Waals surface area contributed by atoms with Crippen molar-refractivity contribution in [1.82, 2.24) is 5.32 Å². The highest BCUT2D eigenvalue weighted by Gasteiger charge is 2.24. The minimum absolute atomic E-state index is 0.0812. The molecule has 5 aromatic rings. The van der Waals surface area contributed by atoms with Crippen LogP contribution in [0.4, 0.5) is 11.4 Å². The Labute approximate surface area is 309 Å². The first-order chi connectivity index (χ1) is 25.6. The van der Waals surface area contributed by atoms with Gasteiger partial charge in [-0.2, -0.15) is 0 Å². The summed E-state index contributed by atoms with van der Waals surface area (Å²) in [5, 5.41) is 26.8. The number of carbonyl (C=O) groups is 4. The van der Waals surface area contributed by atoms with E-state index in [9.17, 15) is 29.4 Å². The molecule has 0 aliphatic rings. The molecule has 0 fully saturated rings. The molecule has 0 saturated heterocycles. The van der Waals surface area contributed by atoms with Gasteiger partial charge in [0.1, 0.15) is 22.3 Å². The maximum Gasteiger partial charge on any atom is 0.339 e. The second kappa shape index (κ2) is 17.5. The fraction of sp³-hybridized carbons (Fsp3) is 0.100. The lowest BCUT2D eigenvalue weighted by molar-refractivity contribution is -0.116. The number of phenols is 1. The largest absolute Gasteiger partial charge is 0.507 e. The highest BCUT2D eigenvalue weighted by atomic mass is 32.2. The number of amides is 3. The lowest BCUT2D eigenvalue weighted by atomic mass is 10.1. The summed E-state index contributed by atoms with van der Waals surface area (Å²) >= 11 is 1.20. The molecule has 0 aliphatic heterocycles. The number of hydrogen-bond donors (Lipinski definition) is 5. The second-order valence-corrected chi connectivity index (χ2v) is 12.4. The number of anilines is 2. The first kappa shape index (κ1) is 37.5. The molecule has 1 unspecified atom stereocenters. The molecule has 3 amide bonds. The second-order valence-electron chi connectivity index (χ2n) is 11.3. The Balaban J connectivity index is 1.43. The minimum atomic E-state index is -1.34. The molecule has 270 valence electrons. The molecule has 0 saturated carbocycles. The summed E-state index contributed by atoms with van der Waals surface area (Å²) in [6.07, 6.45) is 1.48. The van der Waals surface area contributed by atoms with Gasteiger partial charge in [0.2, 0.25) is 11.7 Å². The van der Waals surface area contributed by atoms with Crippen molar-refractivity contribution < 1.29 is 43.6 Å². The van der Waals surface area contributed by atoms with Crippen LogP contribution in [0.1, 0.15) is 37.1 Å². The number of aromatic carboxylic acids is 1. The van der Waals surface area contributed by atoms with Crippen molar-refractivity contribution in [2.45, 2.75) is 10.1 Å². The third-order valence-electron chi connectivity index (χ3n) is 7.71. The van der Waals surface area contributed by atoms with Crippen LogP contribution in [0.5, 0.6) is 23.0 Å². The molecule has 0 bridgehead atoms. The maximum absolute atomic E-state index is 13.9. The fourth-order valence-electron chi connectivity index (χ4n) is 5.17. The van der Waals surface area contributed by atoms with Crippen LogP contribution in [0.3, 0.4) is 0 Å². The number of rotatable bonds is 14. The zero-order valence-electron chi connectivity index (χ0n) is 28.8. The summed E-state index contributed by atoms with van der Waals surface area (Å²) < 4.78 is 16.4. The number of ether oxygens (including phenoxy) is 3. The van der Waals surface area contributed by atoms with Crippen molar-refractivity contribution in [3.63, 3.8) is 0 Å². The number of hydrogen-bond acceptors (Lipinski definition) is 9. The van der Waals surface area contributed by atoms with E-state index in [1.807, 2.05) is 6.07 Å². The van der Waals surface area contributed by atoms with E-state index in [0.717, 1.165) is 0 Å². The summed E-state index contributed by atoms with van der Waals surface area (Å²) in [5.74, 6) is -2.30. The minimum Gasteiger partial charge on any atom is -0.507 e. The first-order valence-corrected chi connectivity index (χ1v) is 16.9. The van der Waals surface area contributed by atoms with Crippen LogP contribution in [0.15, 0.2) is 126 Å². The van der Waals surface area contributed by atoms with E-state index in [-0.39, 0.29) is 16.9 Å². The number of nitrogens with one attached hydrogen (secondary N) is 3. The van der Waals surface area contributed by atoms with Crippen LogP contribution in [0, 0.1) is 0 Å². The van der Waals surface area contributed by atoms with E-state index < -0.39 is 34.7 Å². The Morgan fingerprint density at radius 3 is 1.98 bits per heavy atom. The quantitative estimate of drug-likeness (QED) is 0.0455. The van der Waals surface area contributed by atoms with Crippen LogP contribution < -0.4 is 30.2 Å². The van der Waals surface area contributed by atoms with Gasteiger partial charge in [0.25, 0.3) is 11.8 Å². The molecular formula is C40H35N3O9S. The summed E-state index contributed by atoms with van der Waals surface area (Å²) in [4.78, 5) is 52.9. The van der Waals surface area contributed by atoms with Crippen molar-refractivity contribution in [3.8, 4) is 23.0 Å². The Morgan fingerprint density at radius 2 is 1.36 bits per heavy atom. The number of carboxylic acids is 1. The van der Waals surface area contributed by atoms with Crippen LogP contribution in [0.25, 0.3) is 6.08 Å². The third-order valence-corrected chi connectivity index (χ3v) is 8.96. The van der Waals surface area contributed by atoms with Gasteiger partial charge in [0.15, 0.2) is 11.5 Å².